The van der Waals surface area contributed by atoms with Crippen LogP contribution >= 0.6 is 46.4 Å². The molecule has 1 aliphatic heterocycles. The van der Waals surface area contributed by atoms with Crippen LogP contribution in [0.15, 0.2) is 53.2 Å². The zero-order valence-electron chi connectivity index (χ0n) is 12.9. The van der Waals surface area contributed by atoms with Crippen LogP contribution in [0.2, 0.25) is 15.1 Å². The van der Waals surface area contributed by atoms with E-state index in [2.05, 4.69) is 10.6 Å². The Balaban J connectivity index is 1.86. The first-order valence-electron chi connectivity index (χ1n) is 7.25. The molecule has 0 bridgehead atoms. The molecule has 134 valence electrons. The van der Waals surface area contributed by atoms with E-state index >= 15 is 0 Å². The zero-order chi connectivity index (χ0) is 18.8. The Kier molecular flexibility index (Phi) is 5.63. The molecule has 3 rings (SSSR count). The molecule has 0 spiro atoms. The SMILES string of the molecule is O=C1OC(NC(=O)c2ccccc2)C(Nc2c(Cl)cc(Cl)cc2Cl)=C1Cl. The summed E-state index contributed by atoms with van der Waals surface area (Å²) in [7, 11) is 0. The fourth-order valence-corrected chi connectivity index (χ4v) is 3.36. The Hall–Kier alpha value is -1.92. The van der Waals surface area contributed by atoms with Crippen molar-refractivity contribution >= 4 is 64.0 Å². The topological polar surface area (TPSA) is 67.4 Å². The minimum Gasteiger partial charge on any atom is -0.431 e. The second-order valence-corrected chi connectivity index (χ2v) is 6.85. The molecule has 2 aromatic carbocycles. The van der Waals surface area contributed by atoms with Gasteiger partial charge in [0.15, 0.2) is 5.03 Å². The number of esters is 1. The van der Waals surface area contributed by atoms with Crippen LogP contribution in [-0.4, -0.2) is 18.1 Å². The van der Waals surface area contributed by atoms with Gasteiger partial charge in [-0.05, 0) is 24.3 Å². The summed E-state index contributed by atoms with van der Waals surface area (Å²) in [4.78, 5) is 24.2. The number of carbonyl (C=O) groups excluding carboxylic acids is 2. The molecule has 1 atom stereocenters. The maximum Gasteiger partial charge on any atom is 0.354 e. The fraction of sp³-hybridized carbons (Fsp3) is 0.0588. The van der Waals surface area contributed by atoms with Crippen LogP contribution < -0.4 is 10.6 Å². The number of carbonyl (C=O) groups is 2. The summed E-state index contributed by atoms with van der Waals surface area (Å²) >= 11 is 24.2. The Morgan fingerprint density at radius 3 is 2.23 bits per heavy atom. The van der Waals surface area contributed by atoms with Crippen molar-refractivity contribution in [2.45, 2.75) is 6.23 Å². The lowest BCUT2D eigenvalue weighted by atomic mass is 10.2. The number of nitrogens with one attached hydrogen (secondary N) is 2. The molecule has 0 aliphatic carbocycles. The predicted molar refractivity (Wildman–Crippen MR) is 102 cm³/mol. The fourth-order valence-electron chi connectivity index (χ4n) is 2.25. The van der Waals surface area contributed by atoms with E-state index in [1.165, 1.54) is 12.1 Å². The largest absolute Gasteiger partial charge is 0.431 e. The van der Waals surface area contributed by atoms with E-state index in [4.69, 9.17) is 51.1 Å². The van der Waals surface area contributed by atoms with Gasteiger partial charge in [0, 0.05) is 10.6 Å². The van der Waals surface area contributed by atoms with Gasteiger partial charge >= 0.3 is 5.97 Å². The first kappa shape index (κ1) is 18.9. The summed E-state index contributed by atoms with van der Waals surface area (Å²) in [5.74, 6) is -1.23. The Labute approximate surface area is 168 Å². The molecule has 0 aromatic heterocycles. The van der Waals surface area contributed by atoms with Crippen LogP contribution in [0.5, 0.6) is 0 Å². The van der Waals surface area contributed by atoms with Crippen molar-refractivity contribution in [3.8, 4) is 0 Å². The first-order chi connectivity index (χ1) is 12.4. The number of halogens is 4. The van der Waals surface area contributed by atoms with Crippen molar-refractivity contribution in [3.63, 3.8) is 0 Å². The number of cyclic esters (lactones) is 1. The molecular formula is C17H10Cl4N2O3. The minimum absolute atomic E-state index is 0.118. The average Bonchev–Trinajstić information content (AvgIpc) is 2.85. The van der Waals surface area contributed by atoms with Crippen LogP contribution in [0.3, 0.4) is 0 Å². The molecule has 2 N–H and O–H groups in total. The van der Waals surface area contributed by atoms with Crippen molar-refractivity contribution in [3.05, 3.63) is 73.8 Å². The van der Waals surface area contributed by atoms with Crippen LogP contribution in [0, 0.1) is 0 Å². The van der Waals surface area contributed by atoms with Gasteiger partial charge in [0.1, 0.15) is 5.70 Å². The molecular weight excluding hydrogens is 422 g/mol. The number of anilines is 1. The van der Waals surface area contributed by atoms with Gasteiger partial charge < -0.3 is 15.4 Å². The third-order valence-electron chi connectivity index (χ3n) is 3.47. The maximum atomic E-state index is 12.3. The standard InChI is InChI=1S/C17H10Cl4N2O3/c18-9-6-10(19)13(11(20)7-9)22-14-12(21)17(25)26-16(14)23-15(24)8-4-2-1-3-5-8/h1-7,16,22H,(H,23,24). The van der Waals surface area contributed by atoms with Crippen LogP contribution in [0.4, 0.5) is 5.69 Å². The van der Waals surface area contributed by atoms with E-state index in [0.717, 1.165) is 0 Å². The van der Waals surface area contributed by atoms with E-state index in [-0.39, 0.29) is 26.5 Å². The van der Waals surface area contributed by atoms with E-state index in [9.17, 15) is 9.59 Å². The van der Waals surface area contributed by atoms with E-state index in [0.29, 0.717) is 10.6 Å². The van der Waals surface area contributed by atoms with Crippen molar-refractivity contribution in [1.29, 1.82) is 0 Å². The Morgan fingerprint density at radius 2 is 1.62 bits per heavy atom. The molecule has 0 fully saturated rings. The minimum atomic E-state index is -1.12. The van der Waals surface area contributed by atoms with Gasteiger partial charge in [-0.15, -0.1) is 0 Å². The van der Waals surface area contributed by atoms with Crippen molar-refractivity contribution < 1.29 is 14.3 Å². The van der Waals surface area contributed by atoms with E-state index in [1.807, 2.05) is 0 Å². The normalized spacial score (nSPS) is 16.5. The molecule has 26 heavy (non-hydrogen) atoms. The Bertz CT molecular complexity index is 892. The summed E-state index contributed by atoms with van der Waals surface area (Å²) in [5, 5.41) is 5.99. The van der Waals surface area contributed by atoms with E-state index < -0.39 is 18.1 Å². The highest BCUT2D eigenvalue weighted by Gasteiger charge is 2.35. The number of rotatable bonds is 4. The highest BCUT2D eigenvalue weighted by molar-refractivity contribution is 6.43. The van der Waals surface area contributed by atoms with Gasteiger partial charge in [0.25, 0.3) is 5.91 Å². The first-order valence-corrected chi connectivity index (χ1v) is 8.76. The molecule has 5 nitrogen and oxygen atoms in total. The van der Waals surface area contributed by atoms with Crippen molar-refractivity contribution in [2.24, 2.45) is 0 Å². The summed E-state index contributed by atoms with van der Waals surface area (Å²) in [6.45, 7) is 0. The third kappa shape index (κ3) is 3.91. The third-order valence-corrected chi connectivity index (χ3v) is 4.64. The number of hydrogen-bond acceptors (Lipinski definition) is 4. The lowest BCUT2D eigenvalue weighted by Crippen LogP contribution is -2.38. The van der Waals surface area contributed by atoms with Crippen LogP contribution in [-0.2, 0) is 9.53 Å². The van der Waals surface area contributed by atoms with Gasteiger partial charge in [-0.25, -0.2) is 4.79 Å². The average molecular weight is 432 g/mol. The van der Waals surface area contributed by atoms with Crippen molar-refractivity contribution in [2.75, 3.05) is 5.32 Å². The van der Waals surface area contributed by atoms with Gasteiger partial charge in [-0.2, -0.15) is 0 Å². The second-order valence-electron chi connectivity index (χ2n) is 5.22. The Morgan fingerprint density at radius 1 is 1.00 bits per heavy atom. The number of ether oxygens (including phenoxy) is 1. The lowest BCUT2D eigenvalue weighted by Gasteiger charge is -2.18. The molecule has 9 heteroatoms. The molecule has 1 aliphatic rings. The van der Waals surface area contributed by atoms with Gasteiger partial charge in [0.05, 0.1) is 15.7 Å². The number of benzene rings is 2. The van der Waals surface area contributed by atoms with Gasteiger partial charge in [-0.1, -0.05) is 64.6 Å². The molecule has 1 unspecified atom stereocenters. The summed E-state index contributed by atoms with van der Waals surface area (Å²) < 4.78 is 5.10. The van der Waals surface area contributed by atoms with Crippen molar-refractivity contribution in [1.82, 2.24) is 5.32 Å². The number of amides is 1. The lowest BCUT2D eigenvalue weighted by molar-refractivity contribution is -0.139. The van der Waals surface area contributed by atoms with Gasteiger partial charge in [0.2, 0.25) is 6.23 Å². The molecule has 0 saturated carbocycles. The van der Waals surface area contributed by atoms with Gasteiger partial charge in [-0.3, -0.25) is 4.79 Å². The number of hydrogen-bond donors (Lipinski definition) is 2. The molecule has 0 radical (unpaired) electrons. The molecule has 0 saturated heterocycles. The molecule has 2 aromatic rings. The summed E-state index contributed by atoms with van der Waals surface area (Å²) in [6.07, 6.45) is -1.12. The van der Waals surface area contributed by atoms with Crippen LogP contribution in [0.25, 0.3) is 0 Å². The maximum absolute atomic E-state index is 12.3. The molecule has 1 heterocycles. The highest BCUT2D eigenvalue weighted by Crippen LogP contribution is 2.36. The quantitative estimate of drug-likeness (QED) is 0.681. The van der Waals surface area contributed by atoms with Crippen LogP contribution in [0.1, 0.15) is 10.4 Å². The smallest absolute Gasteiger partial charge is 0.354 e. The molecule has 1 amide bonds. The zero-order valence-corrected chi connectivity index (χ0v) is 15.9. The predicted octanol–water partition coefficient (Wildman–Crippen LogP) is 4.82. The second kappa shape index (κ2) is 7.76. The summed E-state index contributed by atoms with van der Waals surface area (Å²) in [5.41, 5.74) is 0.795. The summed E-state index contributed by atoms with van der Waals surface area (Å²) in [6, 6.07) is 11.4. The highest BCUT2D eigenvalue weighted by atomic mass is 35.5. The monoisotopic (exact) mass is 430 g/mol. The van der Waals surface area contributed by atoms with E-state index in [1.54, 1.807) is 30.3 Å².